The molecule has 0 saturated carbocycles. The minimum absolute atomic E-state index is 0.364. The lowest BCUT2D eigenvalue weighted by Gasteiger charge is -2.11. The number of nitrogens with one attached hydrogen (secondary N) is 2. The number of methoxy groups -OCH3 is 2. The summed E-state index contributed by atoms with van der Waals surface area (Å²) in [5.41, 5.74) is 2.44. The van der Waals surface area contributed by atoms with Gasteiger partial charge in [-0.1, -0.05) is 18.2 Å². The maximum Gasteiger partial charge on any atom is 0.249 e. The van der Waals surface area contributed by atoms with E-state index in [1.165, 1.54) is 0 Å². The van der Waals surface area contributed by atoms with Crippen LogP contribution in [0.15, 0.2) is 60.9 Å². The molecule has 0 aliphatic carbocycles. The number of pyridine rings is 1. The molecule has 0 unspecified atom stereocenters. The first-order valence-electron chi connectivity index (χ1n) is 8.56. The van der Waals surface area contributed by atoms with Gasteiger partial charge in [0.05, 0.1) is 31.6 Å². The van der Waals surface area contributed by atoms with E-state index in [0.717, 1.165) is 22.3 Å². The van der Waals surface area contributed by atoms with Crippen molar-refractivity contribution in [3.05, 3.63) is 60.9 Å². The van der Waals surface area contributed by atoms with Gasteiger partial charge in [-0.3, -0.25) is 4.98 Å². The summed E-state index contributed by atoms with van der Waals surface area (Å²) in [6, 6.07) is 15.3. The summed E-state index contributed by atoms with van der Waals surface area (Å²) in [5, 5.41) is 15.5. The molecule has 8 heteroatoms. The number of aromatic nitrogens is 4. The average molecular weight is 374 g/mol. The zero-order chi connectivity index (χ0) is 19.3. The van der Waals surface area contributed by atoms with Crippen LogP contribution in [0.5, 0.6) is 11.5 Å². The first-order valence-corrected chi connectivity index (χ1v) is 8.56. The monoisotopic (exact) mass is 374 g/mol. The minimum Gasteiger partial charge on any atom is -0.493 e. The fourth-order valence-electron chi connectivity index (χ4n) is 2.80. The number of benzene rings is 2. The third-order valence-corrected chi connectivity index (χ3v) is 4.09. The van der Waals surface area contributed by atoms with Crippen LogP contribution in [0.3, 0.4) is 0 Å². The highest BCUT2D eigenvalue weighted by atomic mass is 16.5. The molecule has 0 atom stereocenters. The molecule has 140 valence electrons. The molecule has 0 radical (unpaired) electrons. The van der Waals surface area contributed by atoms with Crippen molar-refractivity contribution in [1.82, 2.24) is 20.2 Å². The van der Waals surface area contributed by atoms with Crippen molar-refractivity contribution in [1.29, 1.82) is 0 Å². The minimum atomic E-state index is 0.364. The topological polar surface area (TPSA) is 94.1 Å². The molecular formula is C20H18N6O2. The van der Waals surface area contributed by atoms with Crippen LogP contribution in [0.2, 0.25) is 0 Å². The molecule has 0 bridgehead atoms. The molecule has 0 aliphatic rings. The Morgan fingerprint density at radius 2 is 1.75 bits per heavy atom. The second-order valence-electron chi connectivity index (χ2n) is 5.87. The fraction of sp³-hybridized carbons (Fsp3) is 0.100. The zero-order valence-corrected chi connectivity index (χ0v) is 15.4. The lowest BCUT2D eigenvalue weighted by Crippen LogP contribution is -2.03. The maximum absolute atomic E-state index is 5.33. The summed E-state index contributed by atoms with van der Waals surface area (Å²) in [6.07, 6.45) is 3.30. The number of nitrogens with zero attached hydrogens (tertiary/aromatic N) is 4. The van der Waals surface area contributed by atoms with Crippen molar-refractivity contribution in [2.45, 2.75) is 0 Å². The van der Waals surface area contributed by atoms with E-state index < -0.39 is 0 Å². The van der Waals surface area contributed by atoms with Crippen LogP contribution in [-0.2, 0) is 0 Å². The van der Waals surface area contributed by atoms with Crippen LogP contribution < -0.4 is 20.1 Å². The molecule has 0 saturated heterocycles. The highest BCUT2D eigenvalue weighted by Gasteiger charge is 2.08. The van der Waals surface area contributed by atoms with Gasteiger partial charge in [-0.15, -0.1) is 5.10 Å². The summed E-state index contributed by atoms with van der Waals surface area (Å²) < 4.78 is 10.6. The number of para-hydroxylation sites is 1. The van der Waals surface area contributed by atoms with Gasteiger partial charge in [0.2, 0.25) is 5.95 Å². The van der Waals surface area contributed by atoms with Gasteiger partial charge in [-0.25, -0.2) is 0 Å². The van der Waals surface area contributed by atoms with E-state index in [1.54, 1.807) is 26.6 Å². The smallest absolute Gasteiger partial charge is 0.249 e. The summed E-state index contributed by atoms with van der Waals surface area (Å²) in [4.78, 5) is 8.90. The van der Waals surface area contributed by atoms with Gasteiger partial charge in [0.25, 0.3) is 0 Å². The van der Waals surface area contributed by atoms with Gasteiger partial charge in [0, 0.05) is 23.3 Å². The lowest BCUT2D eigenvalue weighted by atomic mass is 10.2. The van der Waals surface area contributed by atoms with Crippen LogP contribution in [0, 0.1) is 0 Å². The SMILES string of the molecule is COc1ccc(Nc2cnnc(Nc3cccc4cccnc34)n2)cc1OC. The predicted octanol–water partition coefficient (Wildman–Crippen LogP) is 3.92. The summed E-state index contributed by atoms with van der Waals surface area (Å²) >= 11 is 0. The van der Waals surface area contributed by atoms with Crippen LogP contribution in [0.4, 0.5) is 23.1 Å². The highest BCUT2D eigenvalue weighted by molar-refractivity contribution is 5.91. The fourth-order valence-corrected chi connectivity index (χ4v) is 2.80. The Morgan fingerprint density at radius 1 is 0.893 bits per heavy atom. The number of anilines is 4. The van der Waals surface area contributed by atoms with Gasteiger partial charge < -0.3 is 20.1 Å². The van der Waals surface area contributed by atoms with Crippen molar-refractivity contribution in [3.8, 4) is 11.5 Å². The van der Waals surface area contributed by atoms with Crippen molar-refractivity contribution >= 4 is 34.0 Å². The summed E-state index contributed by atoms with van der Waals surface area (Å²) in [5.74, 6) is 2.18. The Labute approximate surface area is 161 Å². The Hall–Kier alpha value is -3.94. The van der Waals surface area contributed by atoms with E-state index in [9.17, 15) is 0 Å². The van der Waals surface area contributed by atoms with Crippen LogP contribution >= 0.6 is 0 Å². The first-order chi connectivity index (χ1) is 13.8. The van der Waals surface area contributed by atoms with E-state index in [4.69, 9.17) is 9.47 Å². The van der Waals surface area contributed by atoms with Crippen molar-refractivity contribution in [2.24, 2.45) is 0 Å². The standard InChI is InChI=1S/C20H18N6O2/c1-27-16-9-8-14(11-17(16)28-2)23-18-12-22-26-20(25-18)24-15-7-3-5-13-6-4-10-21-19(13)15/h3-12H,1-2H3,(H2,23,24,25,26). The third kappa shape index (κ3) is 3.61. The molecule has 0 aliphatic heterocycles. The van der Waals surface area contributed by atoms with Crippen molar-refractivity contribution in [3.63, 3.8) is 0 Å². The van der Waals surface area contributed by atoms with Crippen LogP contribution in [-0.4, -0.2) is 34.4 Å². The molecule has 0 amide bonds. The molecule has 4 aromatic rings. The number of rotatable bonds is 6. The first kappa shape index (κ1) is 17.5. The molecule has 2 heterocycles. The van der Waals surface area contributed by atoms with Crippen molar-refractivity contribution in [2.75, 3.05) is 24.9 Å². The van der Waals surface area contributed by atoms with E-state index >= 15 is 0 Å². The average Bonchev–Trinajstić information content (AvgIpc) is 2.74. The van der Waals surface area contributed by atoms with Gasteiger partial charge >= 0.3 is 0 Å². The Balaban J connectivity index is 1.58. The predicted molar refractivity (Wildman–Crippen MR) is 108 cm³/mol. The number of hydrogen-bond donors (Lipinski definition) is 2. The molecule has 2 N–H and O–H groups in total. The normalized spacial score (nSPS) is 10.5. The van der Waals surface area contributed by atoms with E-state index in [0.29, 0.717) is 23.3 Å². The van der Waals surface area contributed by atoms with E-state index in [1.807, 2.05) is 48.5 Å². The molecule has 28 heavy (non-hydrogen) atoms. The van der Waals surface area contributed by atoms with Gasteiger partial charge in [0.1, 0.15) is 0 Å². The molecule has 0 spiro atoms. The molecule has 8 nitrogen and oxygen atoms in total. The third-order valence-electron chi connectivity index (χ3n) is 4.09. The highest BCUT2D eigenvalue weighted by Crippen LogP contribution is 2.31. The Bertz CT molecular complexity index is 1110. The molecule has 4 rings (SSSR count). The van der Waals surface area contributed by atoms with Gasteiger partial charge in [-0.2, -0.15) is 10.1 Å². The second-order valence-corrected chi connectivity index (χ2v) is 5.87. The molecule has 2 aromatic carbocycles. The quantitative estimate of drug-likeness (QED) is 0.524. The number of fused-ring (bicyclic) bond motifs is 1. The maximum atomic E-state index is 5.33. The second kappa shape index (κ2) is 7.75. The molecule has 0 fully saturated rings. The summed E-state index contributed by atoms with van der Waals surface area (Å²) in [6.45, 7) is 0. The van der Waals surface area contributed by atoms with Gasteiger partial charge in [0.15, 0.2) is 17.3 Å². The number of hydrogen-bond acceptors (Lipinski definition) is 8. The lowest BCUT2D eigenvalue weighted by molar-refractivity contribution is 0.355. The summed E-state index contributed by atoms with van der Waals surface area (Å²) in [7, 11) is 3.19. The zero-order valence-electron chi connectivity index (χ0n) is 15.4. The Morgan fingerprint density at radius 3 is 2.61 bits per heavy atom. The van der Waals surface area contributed by atoms with Crippen LogP contribution in [0.25, 0.3) is 10.9 Å². The van der Waals surface area contributed by atoms with Gasteiger partial charge in [-0.05, 0) is 24.3 Å². The van der Waals surface area contributed by atoms with Crippen molar-refractivity contribution < 1.29 is 9.47 Å². The molecule has 2 aromatic heterocycles. The molecular weight excluding hydrogens is 356 g/mol. The number of ether oxygens (including phenoxy) is 2. The largest absolute Gasteiger partial charge is 0.493 e. The van der Waals surface area contributed by atoms with E-state index in [2.05, 4.69) is 30.8 Å². The van der Waals surface area contributed by atoms with Crippen LogP contribution in [0.1, 0.15) is 0 Å². The Kier molecular flexibility index (Phi) is 4.83. The van der Waals surface area contributed by atoms with E-state index in [-0.39, 0.29) is 0 Å².